The van der Waals surface area contributed by atoms with E-state index in [1.807, 2.05) is 31.2 Å². The molecule has 0 bridgehead atoms. The standard InChI is InChI=1S/C19H16ClFN2O3/c1-12-2-4-13(5-3-12)17-10-23(19(25)26-17)11-18(24)22-9-14-6-7-15(21)8-16(14)20/h2-8,10H,9,11H2,1H3,(H,22,24). The number of oxazole rings is 1. The van der Waals surface area contributed by atoms with E-state index in [9.17, 15) is 14.0 Å². The number of aryl methyl sites for hydroxylation is 1. The predicted octanol–water partition coefficient (Wildman–Crippen LogP) is 3.53. The van der Waals surface area contributed by atoms with Gasteiger partial charge in [0.2, 0.25) is 5.91 Å². The number of hydrogen-bond donors (Lipinski definition) is 1. The van der Waals surface area contributed by atoms with Crippen LogP contribution in [0.3, 0.4) is 0 Å². The Bertz CT molecular complexity index is 993. The van der Waals surface area contributed by atoms with E-state index in [1.54, 1.807) is 0 Å². The smallest absolute Gasteiger partial charge is 0.408 e. The zero-order chi connectivity index (χ0) is 18.7. The number of amides is 1. The SMILES string of the molecule is Cc1ccc(-c2cn(CC(=O)NCc3ccc(F)cc3Cl)c(=O)o2)cc1. The zero-order valence-corrected chi connectivity index (χ0v) is 14.7. The van der Waals surface area contributed by atoms with E-state index in [0.717, 1.165) is 11.1 Å². The van der Waals surface area contributed by atoms with Crippen molar-refractivity contribution in [3.63, 3.8) is 0 Å². The van der Waals surface area contributed by atoms with Gasteiger partial charge in [-0.3, -0.25) is 9.36 Å². The molecule has 2 aromatic carbocycles. The third-order valence-corrected chi connectivity index (χ3v) is 4.20. The molecule has 0 fully saturated rings. The Morgan fingerprint density at radius 2 is 1.96 bits per heavy atom. The summed E-state index contributed by atoms with van der Waals surface area (Å²) in [6, 6.07) is 11.4. The maximum Gasteiger partial charge on any atom is 0.419 e. The highest BCUT2D eigenvalue weighted by Gasteiger charge is 2.12. The number of halogens is 2. The summed E-state index contributed by atoms with van der Waals surface area (Å²) in [6.45, 7) is 1.91. The maximum atomic E-state index is 13.0. The third kappa shape index (κ3) is 4.21. The van der Waals surface area contributed by atoms with E-state index in [-0.39, 0.29) is 24.0 Å². The lowest BCUT2D eigenvalue weighted by molar-refractivity contribution is -0.121. The van der Waals surface area contributed by atoms with Crippen molar-refractivity contribution in [1.29, 1.82) is 0 Å². The van der Waals surface area contributed by atoms with Crippen molar-refractivity contribution >= 4 is 17.5 Å². The van der Waals surface area contributed by atoms with Crippen molar-refractivity contribution in [2.24, 2.45) is 0 Å². The fourth-order valence-electron chi connectivity index (χ4n) is 2.40. The van der Waals surface area contributed by atoms with Crippen LogP contribution in [0.2, 0.25) is 5.02 Å². The molecule has 0 saturated heterocycles. The average molecular weight is 375 g/mol. The van der Waals surface area contributed by atoms with Gasteiger partial charge in [-0.25, -0.2) is 9.18 Å². The van der Waals surface area contributed by atoms with Gasteiger partial charge < -0.3 is 9.73 Å². The van der Waals surface area contributed by atoms with Crippen LogP contribution in [0.25, 0.3) is 11.3 Å². The highest BCUT2D eigenvalue weighted by molar-refractivity contribution is 6.31. The summed E-state index contributed by atoms with van der Waals surface area (Å²) in [5.74, 6) is -1.05. The Hall–Kier alpha value is -2.86. The van der Waals surface area contributed by atoms with Gasteiger partial charge in [-0.05, 0) is 24.6 Å². The van der Waals surface area contributed by atoms with Crippen LogP contribution in [0.1, 0.15) is 11.1 Å². The van der Waals surface area contributed by atoms with Gasteiger partial charge in [-0.2, -0.15) is 0 Å². The molecule has 1 N–H and O–H groups in total. The second kappa shape index (κ2) is 7.58. The number of nitrogens with zero attached hydrogens (tertiary/aromatic N) is 1. The zero-order valence-electron chi connectivity index (χ0n) is 14.0. The molecule has 3 aromatic rings. The molecule has 3 rings (SSSR count). The van der Waals surface area contributed by atoms with Gasteiger partial charge in [0.1, 0.15) is 12.4 Å². The largest absolute Gasteiger partial charge is 0.419 e. The van der Waals surface area contributed by atoms with Crippen molar-refractivity contribution in [2.75, 3.05) is 0 Å². The van der Waals surface area contributed by atoms with Crippen LogP contribution >= 0.6 is 11.6 Å². The molecule has 0 unspecified atom stereocenters. The molecule has 7 heteroatoms. The first-order chi connectivity index (χ1) is 12.4. The molecule has 134 valence electrons. The molecule has 0 aliphatic rings. The molecular formula is C19H16ClFN2O3. The Morgan fingerprint density at radius 3 is 2.65 bits per heavy atom. The van der Waals surface area contributed by atoms with Crippen molar-refractivity contribution in [3.05, 3.63) is 81.2 Å². The average Bonchev–Trinajstić information content (AvgIpc) is 2.95. The van der Waals surface area contributed by atoms with E-state index in [1.165, 1.54) is 29.0 Å². The summed E-state index contributed by atoms with van der Waals surface area (Å²) in [5, 5.41) is 2.87. The molecule has 0 spiro atoms. The van der Waals surface area contributed by atoms with Gasteiger partial charge in [0.25, 0.3) is 0 Å². The van der Waals surface area contributed by atoms with Gasteiger partial charge in [0.05, 0.1) is 6.20 Å². The lowest BCUT2D eigenvalue weighted by atomic mass is 10.1. The van der Waals surface area contributed by atoms with Crippen molar-refractivity contribution in [3.8, 4) is 11.3 Å². The second-order valence-electron chi connectivity index (χ2n) is 5.87. The third-order valence-electron chi connectivity index (χ3n) is 3.85. The van der Waals surface area contributed by atoms with E-state index < -0.39 is 11.6 Å². The quantitative estimate of drug-likeness (QED) is 0.743. The summed E-state index contributed by atoms with van der Waals surface area (Å²) in [6.07, 6.45) is 1.50. The monoisotopic (exact) mass is 374 g/mol. The summed E-state index contributed by atoms with van der Waals surface area (Å²) >= 11 is 5.92. The maximum absolute atomic E-state index is 13.0. The fourth-order valence-corrected chi connectivity index (χ4v) is 2.64. The van der Waals surface area contributed by atoms with Crippen molar-refractivity contribution in [2.45, 2.75) is 20.0 Å². The number of aromatic nitrogens is 1. The van der Waals surface area contributed by atoms with Gasteiger partial charge in [0, 0.05) is 17.1 Å². The van der Waals surface area contributed by atoms with E-state index >= 15 is 0 Å². The molecule has 1 heterocycles. The molecule has 0 aliphatic carbocycles. The van der Waals surface area contributed by atoms with E-state index in [2.05, 4.69) is 5.32 Å². The number of nitrogens with one attached hydrogen (secondary N) is 1. The Kier molecular flexibility index (Phi) is 5.23. The Morgan fingerprint density at radius 1 is 1.23 bits per heavy atom. The molecule has 0 atom stereocenters. The number of hydrogen-bond acceptors (Lipinski definition) is 3. The topological polar surface area (TPSA) is 64.2 Å². The summed E-state index contributed by atoms with van der Waals surface area (Å²) < 4.78 is 19.4. The molecule has 1 amide bonds. The number of rotatable bonds is 5. The van der Waals surface area contributed by atoms with Crippen LogP contribution in [0.15, 0.2) is 57.9 Å². The summed E-state index contributed by atoms with van der Waals surface area (Å²) in [5.41, 5.74) is 2.43. The molecular weight excluding hydrogens is 359 g/mol. The van der Waals surface area contributed by atoms with Crippen LogP contribution in [-0.2, 0) is 17.9 Å². The van der Waals surface area contributed by atoms with Crippen LogP contribution in [-0.4, -0.2) is 10.5 Å². The predicted molar refractivity (Wildman–Crippen MR) is 96.4 cm³/mol. The lowest BCUT2D eigenvalue weighted by Gasteiger charge is -2.07. The first kappa shape index (κ1) is 17.9. The van der Waals surface area contributed by atoms with E-state index in [0.29, 0.717) is 11.3 Å². The van der Waals surface area contributed by atoms with Crippen LogP contribution < -0.4 is 11.1 Å². The molecule has 26 heavy (non-hydrogen) atoms. The normalized spacial score (nSPS) is 10.7. The van der Waals surface area contributed by atoms with Crippen molar-refractivity contribution < 1.29 is 13.6 Å². The number of carbonyl (C=O) groups excluding carboxylic acids is 1. The lowest BCUT2D eigenvalue weighted by Crippen LogP contribution is -2.30. The first-order valence-electron chi connectivity index (χ1n) is 7.90. The molecule has 1 aromatic heterocycles. The number of carbonyl (C=O) groups is 1. The Balaban J connectivity index is 1.66. The highest BCUT2D eigenvalue weighted by atomic mass is 35.5. The molecule has 5 nitrogen and oxygen atoms in total. The minimum Gasteiger partial charge on any atom is -0.408 e. The minimum absolute atomic E-state index is 0.134. The van der Waals surface area contributed by atoms with Gasteiger partial charge in [0.15, 0.2) is 5.76 Å². The highest BCUT2D eigenvalue weighted by Crippen LogP contribution is 2.19. The molecule has 0 radical (unpaired) electrons. The van der Waals surface area contributed by atoms with Crippen LogP contribution in [0, 0.1) is 12.7 Å². The minimum atomic E-state index is -0.615. The van der Waals surface area contributed by atoms with Crippen molar-refractivity contribution in [1.82, 2.24) is 9.88 Å². The number of benzene rings is 2. The van der Waals surface area contributed by atoms with Gasteiger partial charge in [-0.1, -0.05) is 47.5 Å². The second-order valence-corrected chi connectivity index (χ2v) is 6.27. The van der Waals surface area contributed by atoms with Gasteiger partial charge in [-0.15, -0.1) is 0 Å². The first-order valence-corrected chi connectivity index (χ1v) is 8.28. The van der Waals surface area contributed by atoms with Crippen LogP contribution in [0.4, 0.5) is 4.39 Å². The van der Waals surface area contributed by atoms with E-state index in [4.69, 9.17) is 16.0 Å². The summed E-state index contributed by atoms with van der Waals surface area (Å²) in [4.78, 5) is 24.0. The van der Waals surface area contributed by atoms with Crippen LogP contribution in [0.5, 0.6) is 0 Å². The van der Waals surface area contributed by atoms with Gasteiger partial charge >= 0.3 is 5.76 Å². The molecule has 0 aliphatic heterocycles. The Labute approximate surface area is 154 Å². The molecule has 0 saturated carbocycles. The summed E-state index contributed by atoms with van der Waals surface area (Å²) in [7, 11) is 0. The fraction of sp³-hybridized carbons (Fsp3) is 0.158.